The number of benzene rings is 12. The van der Waals surface area contributed by atoms with E-state index in [0.717, 1.165) is 67.2 Å². The molecule has 2 aliphatic rings. The Hall–Kier alpha value is -11.1. The van der Waals surface area contributed by atoms with Crippen molar-refractivity contribution in [1.82, 2.24) is 22.8 Å². The van der Waals surface area contributed by atoms with Gasteiger partial charge in [0.25, 0.3) is 0 Å². The summed E-state index contributed by atoms with van der Waals surface area (Å²) in [4.78, 5) is 2.63. The van der Waals surface area contributed by atoms with Gasteiger partial charge in [0.1, 0.15) is 0 Å². The van der Waals surface area contributed by atoms with Crippen LogP contribution in [0.3, 0.4) is 0 Å². The van der Waals surface area contributed by atoms with E-state index in [-0.39, 0.29) is 11.5 Å². The van der Waals surface area contributed by atoms with Crippen LogP contribution >= 0.6 is 0 Å². The van der Waals surface area contributed by atoms with Crippen molar-refractivity contribution in [3.05, 3.63) is 297 Å². The zero-order valence-corrected chi connectivity index (χ0v) is 46.5. The number of aromatic nitrogens is 5. The van der Waals surface area contributed by atoms with Gasteiger partial charge in [-0.25, -0.2) is 0 Å². The fraction of sp³-hybridized carbons (Fsp3) is 0.0380. The summed E-state index contributed by atoms with van der Waals surface area (Å²) in [6, 6.07) is 99.7. The maximum absolute atomic E-state index is 2.63. The van der Waals surface area contributed by atoms with Gasteiger partial charge in [-0.15, -0.1) is 0 Å². The highest BCUT2D eigenvalue weighted by atomic mass is 15.2. The van der Waals surface area contributed by atoms with E-state index >= 15 is 0 Å². The molecule has 0 N–H and O–H groups in total. The largest absolute Gasteiger partial charge is 0.329 e. The van der Waals surface area contributed by atoms with Crippen LogP contribution < -0.4 is 4.90 Å². The summed E-state index contributed by atoms with van der Waals surface area (Å²) >= 11 is 0. The minimum atomic E-state index is -0.362. The predicted molar refractivity (Wildman–Crippen MR) is 356 cm³/mol. The first-order valence-electron chi connectivity index (χ1n) is 29.6. The molecule has 0 radical (unpaired) electrons. The number of allylic oxidation sites excluding steroid dienone is 2. The third kappa shape index (κ3) is 6.22. The number of hydrogen-bond donors (Lipinski definition) is 0. The summed E-state index contributed by atoms with van der Waals surface area (Å²) in [6.45, 7) is 2.41. The molecule has 19 rings (SSSR count). The molecule has 12 aromatic carbocycles. The molecule has 1 aliphatic carbocycles. The Morgan fingerprint density at radius 2 is 0.565 bits per heavy atom. The number of fused-ring (bicyclic) bond motifs is 18. The van der Waals surface area contributed by atoms with E-state index in [1.807, 2.05) is 0 Å². The number of hydrogen-bond acceptors (Lipinski definition) is 1. The lowest BCUT2D eigenvalue weighted by Crippen LogP contribution is -2.42. The molecule has 5 aromatic heterocycles. The van der Waals surface area contributed by atoms with E-state index in [1.165, 1.54) is 87.2 Å². The van der Waals surface area contributed by atoms with Crippen LogP contribution in [0.2, 0.25) is 0 Å². The van der Waals surface area contributed by atoms with Gasteiger partial charge in [-0.2, -0.15) is 0 Å². The second kappa shape index (κ2) is 17.2. The molecule has 398 valence electrons. The van der Waals surface area contributed by atoms with E-state index in [1.54, 1.807) is 0 Å². The molecule has 6 heterocycles. The molecular formula is C79H52N6. The van der Waals surface area contributed by atoms with Crippen LogP contribution in [0, 0.1) is 0 Å². The lowest BCUT2D eigenvalue weighted by atomic mass is 9.80. The van der Waals surface area contributed by atoms with Gasteiger partial charge in [0.05, 0.1) is 94.8 Å². The monoisotopic (exact) mass is 1080 g/mol. The predicted octanol–water partition coefficient (Wildman–Crippen LogP) is 20.3. The zero-order valence-electron chi connectivity index (χ0n) is 46.5. The minimum Gasteiger partial charge on any atom is -0.329 e. The Labute approximate surface area is 489 Å². The fourth-order valence-electron chi connectivity index (χ4n) is 15.6. The second-order valence-corrected chi connectivity index (χ2v) is 23.4. The van der Waals surface area contributed by atoms with Crippen molar-refractivity contribution < 1.29 is 0 Å². The Bertz CT molecular complexity index is 5430. The van der Waals surface area contributed by atoms with Crippen molar-refractivity contribution in [3.8, 4) is 28.4 Å². The van der Waals surface area contributed by atoms with Gasteiger partial charge in [-0.05, 0) is 97.4 Å². The minimum absolute atomic E-state index is 0.176. The first-order chi connectivity index (χ1) is 42.1. The number of nitrogens with zero attached hydrogens (tertiary/aromatic N) is 6. The molecule has 2 atom stereocenters. The molecule has 0 fully saturated rings. The number of para-hydroxylation sites is 11. The molecule has 0 spiro atoms. The molecule has 0 amide bonds. The molecule has 0 saturated heterocycles. The summed E-state index contributed by atoms with van der Waals surface area (Å²) in [6.07, 6.45) is 9.26. The Morgan fingerprint density at radius 3 is 0.965 bits per heavy atom. The molecular weight excluding hydrogens is 1030 g/mol. The van der Waals surface area contributed by atoms with E-state index in [4.69, 9.17) is 0 Å². The van der Waals surface area contributed by atoms with Crippen LogP contribution in [-0.4, -0.2) is 28.4 Å². The third-order valence-electron chi connectivity index (χ3n) is 19.0. The molecule has 85 heavy (non-hydrogen) atoms. The number of anilines is 2. The second-order valence-electron chi connectivity index (χ2n) is 23.4. The fourth-order valence-corrected chi connectivity index (χ4v) is 15.6. The number of rotatable bonds is 6. The molecule has 0 bridgehead atoms. The summed E-state index contributed by atoms with van der Waals surface area (Å²) in [5, 5.41) is 12.1. The van der Waals surface area contributed by atoms with Crippen molar-refractivity contribution in [1.29, 1.82) is 0 Å². The van der Waals surface area contributed by atoms with Gasteiger partial charge in [0, 0.05) is 65.5 Å². The Balaban J connectivity index is 0.985. The van der Waals surface area contributed by atoms with Crippen molar-refractivity contribution in [2.75, 3.05) is 4.90 Å². The average molecular weight is 1090 g/mol. The normalized spacial score (nSPS) is 15.9. The highest BCUT2D eigenvalue weighted by molar-refractivity contribution is 6.18. The van der Waals surface area contributed by atoms with Crippen LogP contribution in [-0.2, 0) is 0 Å². The van der Waals surface area contributed by atoms with Crippen molar-refractivity contribution >= 4 is 120 Å². The summed E-state index contributed by atoms with van der Waals surface area (Å²) in [7, 11) is 0. The first-order valence-corrected chi connectivity index (χ1v) is 29.6. The van der Waals surface area contributed by atoms with Crippen LogP contribution in [0.25, 0.3) is 137 Å². The standard InChI is InChI=1S/C79H52N6/c1-79-46-19-18-34-64(79)63-30-9-17-42-72(63)85(79)75-45-22-33-62-59-29-8-12-37-67(59)82(78(62)75)52-48-50(80-65-35-10-6-27-57(65)60-31-20-43-73(76(60)80)83-68-38-13-2-23-53(68)54-24-3-14-39-69(54)83)47-51(49-52)81-66-36-11-7-28-58(66)61-32-21-44-74(77(61)81)84-70-40-15-4-25-55(70)56-26-5-16-41-71(56)84/h2-49,64H,1H3. The van der Waals surface area contributed by atoms with Gasteiger partial charge in [0.2, 0.25) is 0 Å². The third-order valence-corrected chi connectivity index (χ3v) is 19.0. The van der Waals surface area contributed by atoms with Gasteiger partial charge >= 0.3 is 0 Å². The first kappa shape index (κ1) is 46.5. The molecule has 6 nitrogen and oxygen atoms in total. The Kier molecular flexibility index (Phi) is 9.43. The average Bonchev–Trinajstić information content (AvgIpc) is 2.84. The molecule has 1 aliphatic heterocycles. The van der Waals surface area contributed by atoms with E-state index < -0.39 is 0 Å². The van der Waals surface area contributed by atoms with Gasteiger partial charge in [-0.1, -0.05) is 206 Å². The Morgan fingerprint density at radius 1 is 0.271 bits per heavy atom. The van der Waals surface area contributed by atoms with Gasteiger partial charge in [0.15, 0.2) is 0 Å². The van der Waals surface area contributed by atoms with E-state index in [2.05, 4.69) is 326 Å². The van der Waals surface area contributed by atoms with Crippen LogP contribution in [0.5, 0.6) is 0 Å². The van der Waals surface area contributed by atoms with E-state index in [0.29, 0.717) is 0 Å². The topological polar surface area (TPSA) is 27.9 Å². The molecule has 6 heteroatoms. The smallest absolute Gasteiger partial charge is 0.0782 e. The molecule has 17 aromatic rings. The highest BCUT2D eigenvalue weighted by Crippen LogP contribution is 2.56. The van der Waals surface area contributed by atoms with Crippen molar-refractivity contribution in [2.24, 2.45) is 0 Å². The molecule has 0 saturated carbocycles. The lowest BCUT2D eigenvalue weighted by molar-refractivity contribution is 0.543. The lowest BCUT2D eigenvalue weighted by Gasteiger charge is -2.39. The van der Waals surface area contributed by atoms with Crippen molar-refractivity contribution in [3.63, 3.8) is 0 Å². The summed E-state index contributed by atoms with van der Waals surface area (Å²) in [5.74, 6) is 0.176. The zero-order chi connectivity index (χ0) is 55.6. The van der Waals surface area contributed by atoms with E-state index in [9.17, 15) is 0 Å². The summed E-state index contributed by atoms with van der Waals surface area (Å²) in [5.41, 5.74) is 20.3. The molecule has 2 unspecified atom stereocenters. The maximum Gasteiger partial charge on any atom is 0.0782 e. The SMILES string of the molecule is CC12C=CC=CC1c1ccccc1N2c1cccc2c3ccccc3n(-c3cc(-n4c5ccccc5c5cccc(-n6c7ccccc7c7ccccc76)c54)cc(-n4c5ccccc5c5cccc(-n6c7ccccc7c7ccccc76)c54)c3)c12. The van der Waals surface area contributed by atoms with Gasteiger partial charge < -0.3 is 27.7 Å². The summed E-state index contributed by atoms with van der Waals surface area (Å²) < 4.78 is 12.7. The quantitative estimate of drug-likeness (QED) is 0.163. The van der Waals surface area contributed by atoms with Crippen LogP contribution in [0.1, 0.15) is 18.4 Å². The van der Waals surface area contributed by atoms with Crippen molar-refractivity contribution in [2.45, 2.75) is 18.4 Å². The van der Waals surface area contributed by atoms with Gasteiger partial charge in [-0.3, -0.25) is 0 Å². The highest BCUT2D eigenvalue weighted by Gasteiger charge is 2.47. The maximum atomic E-state index is 2.63. The van der Waals surface area contributed by atoms with Crippen LogP contribution in [0.15, 0.2) is 291 Å². The van der Waals surface area contributed by atoms with Crippen LogP contribution in [0.4, 0.5) is 11.4 Å².